The molecular weight excluding hydrogens is 232 g/mol. The number of aromatic nitrogens is 1. The molecule has 0 amide bonds. The predicted molar refractivity (Wildman–Crippen MR) is 78.2 cm³/mol. The van der Waals surface area contributed by atoms with E-state index in [1.807, 2.05) is 6.20 Å². The van der Waals surface area contributed by atoms with Crippen LogP contribution in [0.3, 0.4) is 0 Å². The van der Waals surface area contributed by atoms with Crippen LogP contribution in [0.5, 0.6) is 0 Å². The third-order valence-electron chi connectivity index (χ3n) is 4.11. The number of fused-ring (bicyclic) bond motifs is 1. The van der Waals surface area contributed by atoms with Crippen molar-refractivity contribution in [1.29, 1.82) is 0 Å². The van der Waals surface area contributed by atoms with Crippen LogP contribution in [0, 0.1) is 0 Å². The summed E-state index contributed by atoms with van der Waals surface area (Å²) in [6.07, 6.45) is 5.57. The first-order valence-electron chi connectivity index (χ1n) is 7.06. The molecular formula is C17H20N2. The zero-order valence-corrected chi connectivity index (χ0v) is 11.3. The van der Waals surface area contributed by atoms with E-state index in [2.05, 4.69) is 59.8 Å². The average molecular weight is 252 g/mol. The monoisotopic (exact) mass is 252 g/mol. The van der Waals surface area contributed by atoms with Crippen LogP contribution in [0.1, 0.15) is 41.6 Å². The average Bonchev–Trinajstić information content (AvgIpc) is 2.49. The zero-order chi connectivity index (χ0) is 13.1. The Bertz CT molecular complexity index is 536. The maximum Gasteiger partial charge on any atom is 0.0485 e. The number of pyridine rings is 1. The lowest BCUT2D eigenvalue weighted by atomic mass is 9.79. The van der Waals surface area contributed by atoms with Gasteiger partial charge in [-0.05, 0) is 43.5 Å². The highest BCUT2D eigenvalue weighted by Gasteiger charge is 2.28. The Kier molecular flexibility index (Phi) is 3.60. The van der Waals surface area contributed by atoms with Gasteiger partial charge in [-0.15, -0.1) is 0 Å². The quantitative estimate of drug-likeness (QED) is 0.905. The number of rotatable bonds is 3. The molecule has 2 nitrogen and oxygen atoms in total. The molecule has 2 unspecified atom stereocenters. The molecule has 1 N–H and O–H groups in total. The summed E-state index contributed by atoms with van der Waals surface area (Å²) in [4.78, 5) is 4.66. The molecule has 0 radical (unpaired) electrons. The third-order valence-corrected chi connectivity index (χ3v) is 4.11. The number of hydrogen-bond acceptors (Lipinski definition) is 2. The van der Waals surface area contributed by atoms with E-state index < -0.39 is 0 Å². The van der Waals surface area contributed by atoms with Crippen molar-refractivity contribution in [1.82, 2.24) is 10.3 Å². The fourth-order valence-corrected chi connectivity index (χ4v) is 3.23. The first-order chi connectivity index (χ1) is 9.40. The van der Waals surface area contributed by atoms with Crippen molar-refractivity contribution in [3.05, 3.63) is 65.5 Å². The SMILES string of the molecule is CNC(c1ccccc1)C1CCCc2cccnc21. The molecule has 1 aromatic heterocycles. The Hall–Kier alpha value is -1.67. The Morgan fingerprint density at radius 1 is 1.16 bits per heavy atom. The number of aryl methyl sites for hydroxylation is 1. The second kappa shape index (κ2) is 5.54. The number of hydrogen-bond donors (Lipinski definition) is 1. The number of benzene rings is 1. The maximum atomic E-state index is 4.66. The van der Waals surface area contributed by atoms with Gasteiger partial charge in [0.05, 0.1) is 0 Å². The van der Waals surface area contributed by atoms with Gasteiger partial charge in [-0.25, -0.2) is 0 Å². The van der Waals surface area contributed by atoms with Crippen LogP contribution in [0.2, 0.25) is 0 Å². The summed E-state index contributed by atoms with van der Waals surface area (Å²) in [7, 11) is 2.05. The van der Waals surface area contributed by atoms with E-state index in [-0.39, 0.29) is 0 Å². The van der Waals surface area contributed by atoms with Crippen LogP contribution in [-0.2, 0) is 6.42 Å². The topological polar surface area (TPSA) is 24.9 Å². The minimum atomic E-state index is 0.357. The van der Waals surface area contributed by atoms with Gasteiger partial charge in [-0.1, -0.05) is 36.4 Å². The summed E-state index contributed by atoms with van der Waals surface area (Å²) in [6, 6.07) is 15.4. The third kappa shape index (κ3) is 2.41. The zero-order valence-electron chi connectivity index (χ0n) is 11.3. The van der Waals surface area contributed by atoms with Gasteiger partial charge in [-0.3, -0.25) is 4.98 Å². The van der Waals surface area contributed by atoms with Crippen molar-refractivity contribution in [2.45, 2.75) is 31.2 Å². The summed E-state index contributed by atoms with van der Waals surface area (Å²) < 4.78 is 0. The van der Waals surface area contributed by atoms with Crippen molar-refractivity contribution in [3.8, 4) is 0 Å². The van der Waals surface area contributed by atoms with Crippen molar-refractivity contribution < 1.29 is 0 Å². The summed E-state index contributed by atoms with van der Waals surface area (Å²) in [5.74, 6) is 0.484. The van der Waals surface area contributed by atoms with Gasteiger partial charge in [0.15, 0.2) is 0 Å². The molecule has 98 valence electrons. The highest BCUT2D eigenvalue weighted by Crippen LogP contribution is 2.38. The number of nitrogens with one attached hydrogen (secondary N) is 1. The molecule has 1 aromatic carbocycles. The Morgan fingerprint density at radius 3 is 2.79 bits per heavy atom. The summed E-state index contributed by atoms with van der Waals surface area (Å²) in [5, 5.41) is 3.49. The molecule has 2 atom stereocenters. The van der Waals surface area contributed by atoms with Gasteiger partial charge in [-0.2, -0.15) is 0 Å². The molecule has 2 aromatic rings. The Labute approximate surface area is 114 Å². The van der Waals surface area contributed by atoms with Gasteiger partial charge in [0.25, 0.3) is 0 Å². The molecule has 1 heterocycles. The first kappa shape index (κ1) is 12.4. The first-order valence-corrected chi connectivity index (χ1v) is 7.06. The standard InChI is InChI=1S/C17H20N2/c1-18-16(13-7-3-2-4-8-13)15-11-5-9-14-10-6-12-19-17(14)15/h2-4,6-8,10,12,15-16,18H,5,9,11H2,1H3. The molecule has 0 saturated heterocycles. The fourth-order valence-electron chi connectivity index (χ4n) is 3.23. The van der Waals surface area contributed by atoms with Gasteiger partial charge >= 0.3 is 0 Å². The van der Waals surface area contributed by atoms with Gasteiger partial charge in [0, 0.05) is 23.9 Å². The lowest BCUT2D eigenvalue weighted by molar-refractivity contribution is 0.416. The Balaban J connectivity index is 1.97. The number of nitrogens with zero attached hydrogens (tertiary/aromatic N) is 1. The summed E-state index contributed by atoms with van der Waals surface area (Å²) in [5.41, 5.74) is 4.07. The molecule has 0 aliphatic heterocycles. The van der Waals surface area contributed by atoms with Crippen LogP contribution in [-0.4, -0.2) is 12.0 Å². The van der Waals surface area contributed by atoms with E-state index in [9.17, 15) is 0 Å². The van der Waals surface area contributed by atoms with Gasteiger partial charge in [0.2, 0.25) is 0 Å². The molecule has 0 spiro atoms. The molecule has 19 heavy (non-hydrogen) atoms. The predicted octanol–water partition coefficient (Wildman–Crippen LogP) is 3.46. The van der Waals surface area contributed by atoms with Crippen molar-refractivity contribution in [3.63, 3.8) is 0 Å². The van der Waals surface area contributed by atoms with Crippen LogP contribution < -0.4 is 5.32 Å². The second-order valence-electron chi connectivity index (χ2n) is 5.22. The van der Waals surface area contributed by atoms with Crippen molar-refractivity contribution in [2.24, 2.45) is 0 Å². The van der Waals surface area contributed by atoms with E-state index in [1.165, 1.54) is 36.1 Å². The lowest BCUT2D eigenvalue weighted by Gasteiger charge is -2.31. The number of likely N-dealkylation sites (N-methyl/N-ethyl adjacent to an activating group) is 1. The minimum Gasteiger partial charge on any atom is -0.312 e. The molecule has 1 aliphatic rings. The van der Waals surface area contributed by atoms with Crippen molar-refractivity contribution >= 4 is 0 Å². The molecule has 0 saturated carbocycles. The van der Waals surface area contributed by atoms with Gasteiger partial charge < -0.3 is 5.32 Å². The minimum absolute atomic E-state index is 0.357. The highest BCUT2D eigenvalue weighted by atomic mass is 14.9. The van der Waals surface area contributed by atoms with Crippen LogP contribution in [0.4, 0.5) is 0 Å². The normalized spacial score (nSPS) is 19.7. The van der Waals surface area contributed by atoms with Crippen molar-refractivity contribution in [2.75, 3.05) is 7.05 Å². The maximum absolute atomic E-state index is 4.66. The lowest BCUT2D eigenvalue weighted by Crippen LogP contribution is -2.27. The fraction of sp³-hybridized carbons (Fsp3) is 0.353. The molecule has 1 aliphatic carbocycles. The molecule has 0 fully saturated rings. The molecule has 0 bridgehead atoms. The van der Waals surface area contributed by atoms with E-state index in [4.69, 9.17) is 0 Å². The summed E-state index contributed by atoms with van der Waals surface area (Å²) >= 11 is 0. The van der Waals surface area contributed by atoms with E-state index in [1.54, 1.807) is 0 Å². The smallest absolute Gasteiger partial charge is 0.0485 e. The van der Waals surface area contributed by atoms with E-state index in [0.717, 1.165) is 0 Å². The second-order valence-corrected chi connectivity index (χ2v) is 5.22. The Morgan fingerprint density at radius 2 is 2.00 bits per heavy atom. The van der Waals surface area contributed by atoms with Crippen LogP contribution >= 0.6 is 0 Å². The summed E-state index contributed by atoms with van der Waals surface area (Å²) in [6.45, 7) is 0. The van der Waals surface area contributed by atoms with E-state index >= 15 is 0 Å². The van der Waals surface area contributed by atoms with Crippen LogP contribution in [0.25, 0.3) is 0 Å². The van der Waals surface area contributed by atoms with E-state index in [0.29, 0.717) is 12.0 Å². The molecule has 2 heteroatoms. The largest absolute Gasteiger partial charge is 0.312 e. The van der Waals surface area contributed by atoms with Crippen LogP contribution in [0.15, 0.2) is 48.7 Å². The van der Waals surface area contributed by atoms with Gasteiger partial charge in [0.1, 0.15) is 0 Å². The highest BCUT2D eigenvalue weighted by molar-refractivity contribution is 5.31. The molecule has 3 rings (SSSR count).